The lowest BCUT2D eigenvalue weighted by Gasteiger charge is -2.30. The maximum atomic E-state index is 14.8. The van der Waals surface area contributed by atoms with E-state index in [0.717, 1.165) is 0 Å². The van der Waals surface area contributed by atoms with E-state index in [9.17, 15) is 102 Å². The Balaban J connectivity index is 3.05. The smallest absolute Gasteiger partial charge is 0.328 e. The van der Waals surface area contributed by atoms with Crippen LogP contribution in [0, 0.1) is 11.8 Å². The molecule has 0 aromatic heterocycles. The second kappa shape index (κ2) is 47.2. The van der Waals surface area contributed by atoms with E-state index in [1.54, 1.807) is 44.2 Å². The number of guanidine groups is 2. The summed E-state index contributed by atoms with van der Waals surface area (Å²) in [6.07, 6.45) is -2.85. The monoisotopic (exact) mass is 1510 g/mol. The Morgan fingerprint density at radius 2 is 1.05 bits per heavy atom. The van der Waals surface area contributed by atoms with Crippen LogP contribution in [0.15, 0.2) is 40.3 Å². The number of hydrogen-bond acceptors (Lipinski definition) is 24. The van der Waals surface area contributed by atoms with Gasteiger partial charge in [0.2, 0.25) is 82.7 Å². The molecule has 0 saturated carbocycles. The molecule has 14 atom stereocenters. The molecule has 1 heterocycles. The highest BCUT2D eigenvalue weighted by molar-refractivity contribution is 8.76. The summed E-state index contributed by atoms with van der Waals surface area (Å²) in [6.45, 7) is 1.07. The maximum Gasteiger partial charge on any atom is 0.328 e. The Morgan fingerprint density at radius 1 is 0.548 bits per heavy atom. The van der Waals surface area contributed by atoms with Crippen molar-refractivity contribution in [3.63, 3.8) is 0 Å². The number of aliphatic hydroxyl groups is 3. The topological polar surface area (TPSA) is 712 Å². The minimum atomic E-state index is -2.02. The van der Waals surface area contributed by atoms with Crippen molar-refractivity contribution in [3.8, 4) is 0 Å². The fourth-order valence-corrected chi connectivity index (χ4v) is 11.6. The van der Waals surface area contributed by atoms with Gasteiger partial charge in [0.15, 0.2) is 11.9 Å². The average molecular weight is 1510 g/mol. The molecule has 1 fully saturated rings. The molecule has 1 aliphatic rings. The van der Waals surface area contributed by atoms with Gasteiger partial charge in [-0.1, -0.05) is 92.5 Å². The SMILES string of the molecule is CC[C@H](C)[C@@H]1NC(=O)C(CCCN=C(N)N)NC(=O)CNC(=O)CNC(=O)C(Cc2ccccc2)NC(=O)[C@@H](NC(=O)[C@H](CO)NC(=O)[C@@H](N)CO)CSSCC(C(=O)N[C@@H](CC(N)=O)C(=O)N[C@@H](CO)C(=O)O)NC(=O)[C@H]([C@@H](C)CC)NC(=O)[C@H](CCCN=C(N)N)NC(=O)C(CC(=O)O)NC1=O. The molecule has 0 radical (unpaired) electrons. The van der Waals surface area contributed by atoms with Crippen LogP contribution in [0.2, 0.25) is 0 Å². The van der Waals surface area contributed by atoms with E-state index in [0.29, 0.717) is 27.2 Å². The number of carbonyl (C=O) groups excluding carboxylic acids is 14. The van der Waals surface area contributed by atoms with Gasteiger partial charge in [-0.25, -0.2) is 4.79 Å². The summed E-state index contributed by atoms with van der Waals surface area (Å²) < 4.78 is 0. The number of nitrogens with zero attached hydrogens (tertiary/aromatic N) is 2. The number of nitrogens with one attached hydrogen (secondary N) is 13. The molecule has 42 nitrogen and oxygen atoms in total. The third kappa shape index (κ3) is 33.3. The van der Waals surface area contributed by atoms with Gasteiger partial charge in [-0.2, -0.15) is 0 Å². The average Bonchev–Trinajstić information content (AvgIpc) is 0.852. The summed E-state index contributed by atoms with van der Waals surface area (Å²) in [5.74, 6) is -23.1. The Morgan fingerprint density at radius 3 is 1.56 bits per heavy atom. The minimum absolute atomic E-state index is 0.0260. The van der Waals surface area contributed by atoms with Crippen LogP contribution in [-0.2, 0) is 83.1 Å². The fourth-order valence-electron chi connectivity index (χ4n) is 9.31. The first kappa shape index (κ1) is 89.9. The van der Waals surface area contributed by atoms with E-state index < -0.39 is 236 Å². The van der Waals surface area contributed by atoms with Gasteiger partial charge in [-0.05, 0) is 43.1 Å². The summed E-state index contributed by atoms with van der Waals surface area (Å²) in [4.78, 5) is 227. The molecule has 1 saturated heterocycles. The second-order valence-electron chi connectivity index (χ2n) is 23.8. The number of nitrogens with two attached hydrogens (primary N) is 6. The van der Waals surface area contributed by atoms with Gasteiger partial charge in [-0.3, -0.25) is 81.9 Å². The van der Waals surface area contributed by atoms with Gasteiger partial charge in [0.05, 0.1) is 45.8 Å². The summed E-state index contributed by atoms with van der Waals surface area (Å²) in [7, 11) is 1.34. The largest absolute Gasteiger partial charge is 0.481 e. The number of rotatable bonds is 30. The summed E-state index contributed by atoms with van der Waals surface area (Å²) >= 11 is 0. The van der Waals surface area contributed by atoms with Gasteiger partial charge < -0.3 is 129 Å². The van der Waals surface area contributed by atoms with Crippen molar-refractivity contribution in [1.82, 2.24) is 69.1 Å². The lowest BCUT2D eigenvalue weighted by molar-refractivity contribution is -0.143. The number of carboxylic acid groups (broad SMARTS) is 2. The zero-order valence-electron chi connectivity index (χ0n) is 57.6. The van der Waals surface area contributed by atoms with Crippen molar-refractivity contribution in [1.29, 1.82) is 0 Å². The zero-order valence-corrected chi connectivity index (χ0v) is 59.3. The van der Waals surface area contributed by atoms with Crippen LogP contribution < -0.4 is 104 Å². The first-order chi connectivity index (χ1) is 49.1. The van der Waals surface area contributed by atoms with Crippen LogP contribution in [0.4, 0.5) is 0 Å². The number of hydrogen-bond donors (Lipinski definition) is 24. The van der Waals surface area contributed by atoms with E-state index in [2.05, 4.69) is 73.8 Å². The van der Waals surface area contributed by atoms with Crippen LogP contribution >= 0.6 is 21.6 Å². The Kier molecular flexibility index (Phi) is 40.8. The van der Waals surface area contributed by atoms with Crippen molar-refractivity contribution in [2.45, 2.75) is 158 Å². The van der Waals surface area contributed by atoms with Gasteiger partial charge >= 0.3 is 11.9 Å². The lowest BCUT2D eigenvalue weighted by atomic mass is 9.96. The van der Waals surface area contributed by atoms with Gasteiger partial charge in [-0.15, -0.1) is 0 Å². The van der Waals surface area contributed by atoms with E-state index in [-0.39, 0.29) is 70.0 Å². The highest BCUT2D eigenvalue weighted by Gasteiger charge is 2.39. The van der Waals surface area contributed by atoms with E-state index in [1.165, 1.54) is 13.8 Å². The third-order valence-electron chi connectivity index (χ3n) is 15.6. The quantitative estimate of drug-likeness (QED) is 0.0147. The highest BCUT2D eigenvalue weighted by Crippen LogP contribution is 2.24. The molecule has 30 N–H and O–H groups in total. The van der Waals surface area contributed by atoms with Crippen LogP contribution in [0.3, 0.4) is 0 Å². The van der Waals surface area contributed by atoms with Crippen LogP contribution in [0.5, 0.6) is 0 Å². The molecule has 4 unspecified atom stereocenters. The Labute approximate surface area is 604 Å². The molecule has 104 heavy (non-hydrogen) atoms. The molecule has 2 rings (SSSR count). The normalized spacial score (nSPS) is 22.2. The van der Waals surface area contributed by atoms with Crippen LogP contribution in [0.1, 0.15) is 84.6 Å². The highest BCUT2D eigenvalue weighted by atomic mass is 33.1. The predicted octanol–water partition coefficient (Wildman–Crippen LogP) is -10.9. The molecule has 0 spiro atoms. The number of benzene rings is 1. The van der Waals surface area contributed by atoms with Crippen molar-refractivity contribution < 1.29 is 102 Å². The lowest BCUT2D eigenvalue weighted by Crippen LogP contribution is -2.62. The summed E-state index contributed by atoms with van der Waals surface area (Å²) in [5.41, 5.74) is 33.5. The predicted molar refractivity (Wildman–Crippen MR) is 374 cm³/mol. The number of aliphatic hydroxyl groups excluding tert-OH is 3. The third-order valence-corrected chi connectivity index (χ3v) is 18.0. The molecule has 580 valence electrons. The first-order valence-corrected chi connectivity index (χ1v) is 35.2. The molecule has 14 amide bonds. The number of aliphatic carboxylic acids is 2. The molecule has 1 aromatic carbocycles. The molecular weight excluding hydrogens is 1410 g/mol. The van der Waals surface area contributed by atoms with Gasteiger partial charge in [0.25, 0.3) is 0 Å². The zero-order chi connectivity index (χ0) is 78.3. The molecule has 0 bridgehead atoms. The Bertz CT molecular complexity index is 3210. The molecule has 0 aliphatic carbocycles. The van der Waals surface area contributed by atoms with E-state index >= 15 is 0 Å². The number of carbonyl (C=O) groups is 16. The number of aliphatic imine (C=N–C) groups is 2. The van der Waals surface area contributed by atoms with Crippen molar-refractivity contribution in [2.75, 3.05) is 57.5 Å². The van der Waals surface area contributed by atoms with Gasteiger partial charge in [0.1, 0.15) is 72.5 Å². The maximum absolute atomic E-state index is 14.8. The molecular formula is C60H97N21O21S2. The molecule has 1 aromatic rings. The standard InChI is InChI=1S/C60H97N21O21S2/c1-5-28(3)45-56(99)75-36(20-44(88)89)52(95)72-33(15-11-17-68-60(65)66)50(93)81-46(29(4)6-2)57(100)79-40(55(98)74-35(19-41(62)85)51(94)77-38(25-84)58(101)102)27-104-103-26-39(78-53(96)37(24-83)76-47(90)31(61)23-82)54(97)73-34(18-30-12-8-7-9-13-30)48(91)70-21-42(86)69-22-43(87)71-32(49(92)80-45)14-10-16-67-59(63)64/h7-9,12-13,28-29,31-40,45-46,82-84H,5-6,10-11,14-27,61H2,1-4H3,(H2,62,85)(H,69,86)(H,70,91)(H,71,87)(H,72,95)(H,73,97)(H,74,98)(H,75,99)(H,76,90)(H,77,94)(H,78,96)(H,79,100)(H,80,92)(H,81,93)(H,88,89)(H,101,102)(H4,63,64,67)(H4,65,66,68)/t28-,29-,31-,32?,33-,34?,35-,36?,37-,38-,39-,40?,45-,46-/m0/s1. The number of primary amides is 1. The summed E-state index contributed by atoms with van der Waals surface area (Å²) in [6, 6.07) is -13.4. The second-order valence-corrected chi connectivity index (χ2v) is 26.3. The minimum Gasteiger partial charge on any atom is -0.481 e. The molecule has 44 heteroatoms. The summed E-state index contributed by atoms with van der Waals surface area (Å²) in [5, 5.41) is 79.5. The molecule has 1 aliphatic heterocycles. The van der Waals surface area contributed by atoms with Crippen molar-refractivity contribution in [2.24, 2.45) is 56.2 Å². The first-order valence-electron chi connectivity index (χ1n) is 32.7. The number of amides is 14. The van der Waals surface area contributed by atoms with Crippen molar-refractivity contribution >= 4 is 128 Å². The van der Waals surface area contributed by atoms with Gasteiger partial charge in [0, 0.05) is 31.0 Å². The Hall–Kier alpha value is -10.2. The van der Waals surface area contributed by atoms with E-state index in [4.69, 9.17) is 34.4 Å². The van der Waals surface area contributed by atoms with Crippen molar-refractivity contribution in [3.05, 3.63) is 35.9 Å². The fraction of sp³-hybridized carbons (Fsp3) is 0.600. The number of carboxylic acids is 2. The van der Waals surface area contributed by atoms with E-state index in [1.807, 2.05) is 5.32 Å². The van der Waals surface area contributed by atoms with Crippen LogP contribution in [0.25, 0.3) is 0 Å². The van der Waals surface area contributed by atoms with Crippen LogP contribution in [-0.4, -0.2) is 262 Å².